The van der Waals surface area contributed by atoms with E-state index in [-0.39, 0.29) is 12.4 Å². The molecule has 0 atom stereocenters. The van der Waals surface area contributed by atoms with Crippen molar-refractivity contribution in [2.45, 2.75) is 6.61 Å². The van der Waals surface area contributed by atoms with Crippen LogP contribution in [0.5, 0.6) is 5.75 Å². The van der Waals surface area contributed by atoms with Crippen molar-refractivity contribution in [2.24, 2.45) is 5.84 Å². The molecule has 0 aliphatic carbocycles. The van der Waals surface area contributed by atoms with Gasteiger partial charge in [0.2, 0.25) is 0 Å². The maximum atomic E-state index is 12.9. The van der Waals surface area contributed by atoms with E-state index in [1.807, 2.05) is 0 Å². The van der Waals surface area contributed by atoms with Crippen LogP contribution in [0.15, 0.2) is 35.1 Å². The third kappa shape index (κ3) is 3.14. The van der Waals surface area contributed by atoms with Gasteiger partial charge in [-0.3, -0.25) is 4.98 Å². The van der Waals surface area contributed by atoms with Gasteiger partial charge in [-0.05, 0) is 34.1 Å². The topological polar surface area (TPSA) is 73.1 Å². The molecule has 0 aliphatic heterocycles. The molecule has 1 aromatic carbocycles. The summed E-state index contributed by atoms with van der Waals surface area (Å²) in [6.45, 7) is 0.238. The molecule has 1 heterocycles. The minimum atomic E-state index is -0.326. The van der Waals surface area contributed by atoms with Crippen LogP contribution < -0.4 is 16.0 Å². The van der Waals surface area contributed by atoms with Crippen molar-refractivity contribution in [2.75, 3.05) is 5.43 Å². The lowest BCUT2D eigenvalue weighted by Crippen LogP contribution is -2.09. The number of ether oxygens (including phenoxy) is 1. The van der Waals surface area contributed by atoms with Gasteiger partial charge in [-0.2, -0.15) is 0 Å². The molecular formula is C11H10BrFN4O. The third-order valence-corrected chi connectivity index (χ3v) is 2.74. The van der Waals surface area contributed by atoms with Gasteiger partial charge in [0, 0.05) is 0 Å². The number of nitrogens with zero attached hydrogens (tertiary/aromatic N) is 2. The average Bonchev–Trinajstić information content (AvgIpc) is 2.38. The fourth-order valence-electron chi connectivity index (χ4n) is 1.25. The number of hydrogen-bond acceptors (Lipinski definition) is 5. The summed E-state index contributed by atoms with van der Waals surface area (Å²) in [5.41, 5.74) is 3.02. The zero-order chi connectivity index (χ0) is 13.0. The molecule has 0 unspecified atom stereocenters. The van der Waals surface area contributed by atoms with E-state index in [0.29, 0.717) is 21.7 Å². The number of aromatic nitrogens is 2. The summed E-state index contributed by atoms with van der Waals surface area (Å²) in [6, 6.07) is 4.21. The highest BCUT2D eigenvalue weighted by molar-refractivity contribution is 9.10. The smallest absolute Gasteiger partial charge is 0.158 e. The molecule has 7 heteroatoms. The van der Waals surface area contributed by atoms with E-state index in [1.165, 1.54) is 18.3 Å². The van der Waals surface area contributed by atoms with Crippen molar-refractivity contribution in [3.8, 4) is 5.75 Å². The van der Waals surface area contributed by atoms with Crippen molar-refractivity contribution < 1.29 is 9.13 Å². The van der Waals surface area contributed by atoms with Crippen LogP contribution in [-0.4, -0.2) is 9.97 Å². The Hall–Kier alpha value is -1.73. The van der Waals surface area contributed by atoms with Crippen LogP contribution in [0.3, 0.4) is 0 Å². The number of nitrogens with two attached hydrogens (primary N) is 1. The van der Waals surface area contributed by atoms with E-state index in [4.69, 9.17) is 10.6 Å². The van der Waals surface area contributed by atoms with Gasteiger partial charge in [0.25, 0.3) is 0 Å². The Bertz CT molecular complexity index is 535. The molecule has 0 saturated heterocycles. The molecule has 0 fully saturated rings. The van der Waals surface area contributed by atoms with E-state index in [1.54, 1.807) is 12.3 Å². The Labute approximate surface area is 111 Å². The summed E-state index contributed by atoms with van der Waals surface area (Å²) in [5.74, 6) is 5.86. The number of nitrogen functional groups attached to an aromatic ring is 1. The Balaban J connectivity index is 2.02. The minimum absolute atomic E-state index is 0.238. The second-order valence-electron chi connectivity index (χ2n) is 3.40. The summed E-state index contributed by atoms with van der Waals surface area (Å²) in [7, 11) is 0. The summed E-state index contributed by atoms with van der Waals surface area (Å²) in [4.78, 5) is 8.09. The highest BCUT2D eigenvalue weighted by atomic mass is 79.9. The van der Waals surface area contributed by atoms with E-state index in [9.17, 15) is 4.39 Å². The Kier molecular flexibility index (Phi) is 4.06. The van der Waals surface area contributed by atoms with Crippen molar-refractivity contribution in [3.05, 3.63) is 46.6 Å². The average molecular weight is 313 g/mol. The second kappa shape index (κ2) is 5.74. The Morgan fingerprint density at radius 1 is 1.33 bits per heavy atom. The van der Waals surface area contributed by atoms with E-state index >= 15 is 0 Å². The molecule has 0 saturated carbocycles. The molecule has 3 N–H and O–H groups in total. The maximum Gasteiger partial charge on any atom is 0.158 e. The standard InChI is InChI=1S/C11H10BrFN4O/c12-9-3-7(13)1-2-10(9)18-6-8-4-16-11(17-14)5-15-8/h1-5H,6,14H2,(H,16,17). The normalized spacial score (nSPS) is 10.2. The van der Waals surface area contributed by atoms with Gasteiger partial charge in [0.1, 0.15) is 18.2 Å². The van der Waals surface area contributed by atoms with Crippen LogP contribution in [0.4, 0.5) is 10.2 Å². The van der Waals surface area contributed by atoms with E-state index in [0.717, 1.165) is 0 Å². The number of anilines is 1. The summed E-state index contributed by atoms with van der Waals surface area (Å²) >= 11 is 3.22. The van der Waals surface area contributed by atoms with Gasteiger partial charge >= 0.3 is 0 Å². The summed E-state index contributed by atoms with van der Waals surface area (Å²) in [5, 5.41) is 0. The monoisotopic (exact) mass is 312 g/mol. The number of rotatable bonds is 4. The fraction of sp³-hybridized carbons (Fsp3) is 0.0909. The van der Waals surface area contributed by atoms with Gasteiger partial charge in [-0.25, -0.2) is 15.2 Å². The van der Waals surface area contributed by atoms with Crippen LogP contribution in [0.25, 0.3) is 0 Å². The second-order valence-corrected chi connectivity index (χ2v) is 4.26. The molecule has 5 nitrogen and oxygen atoms in total. The number of hydrogen-bond donors (Lipinski definition) is 2. The number of nitrogens with one attached hydrogen (secondary N) is 1. The van der Waals surface area contributed by atoms with Crippen LogP contribution in [0, 0.1) is 5.82 Å². The van der Waals surface area contributed by atoms with Gasteiger partial charge in [0.15, 0.2) is 5.82 Å². The fourth-order valence-corrected chi connectivity index (χ4v) is 1.71. The maximum absolute atomic E-state index is 12.9. The van der Waals surface area contributed by atoms with E-state index < -0.39 is 0 Å². The van der Waals surface area contributed by atoms with Gasteiger partial charge in [-0.1, -0.05) is 0 Å². The van der Waals surface area contributed by atoms with Crippen LogP contribution in [-0.2, 0) is 6.61 Å². The van der Waals surface area contributed by atoms with Crippen molar-refractivity contribution in [1.29, 1.82) is 0 Å². The predicted molar refractivity (Wildman–Crippen MR) is 68.3 cm³/mol. The molecule has 0 bridgehead atoms. The molecule has 94 valence electrons. The highest BCUT2D eigenvalue weighted by Crippen LogP contribution is 2.25. The summed E-state index contributed by atoms with van der Waals surface area (Å²) < 4.78 is 18.9. The lowest BCUT2D eigenvalue weighted by molar-refractivity contribution is 0.298. The first kappa shape index (κ1) is 12.7. The third-order valence-electron chi connectivity index (χ3n) is 2.12. The van der Waals surface area contributed by atoms with Crippen molar-refractivity contribution in [1.82, 2.24) is 9.97 Å². The molecule has 0 aliphatic rings. The first-order chi connectivity index (χ1) is 8.69. The lowest BCUT2D eigenvalue weighted by Gasteiger charge is -2.07. The molecule has 2 rings (SSSR count). The zero-order valence-corrected chi connectivity index (χ0v) is 10.8. The molecule has 0 spiro atoms. The van der Waals surface area contributed by atoms with Crippen LogP contribution >= 0.6 is 15.9 Å². The quantitative estimate of drug-likeness (QED) is 0.669. The largest absolute Gasteiger partial charge is 0.486 e. The number of hydrazine groups is 1. The lowest BCUT2D eigenvalue weighted by atomic mass is 10.3. The van der Waals surface area contributed by atoms with Gasteiger partial charge in [-0.15, -0.1) is 0 Å². The van der Waals surface area contributed by atoms with Crippen LogP contribution in [0.1, 0.15) is 5.69 Å². The molecule has 18 heavy (non-hydrogen) atoms. The Morgan fingerprint density at radius 2 is 2.17 bits per heavy atom. The predicted octanol–water partition coefficient (Wildman–Crippen LogP) is 2.24. The molecule has 0 amide bonds. The first-order valence-corrected chi connectivity index (χ1v) is 5.83. The highest BCUT2D eigenvalue weighted by Gasteiger charge is 2.04. The zero-order valence-electron chi connectivity index (χ0n) is 9.23. The number of halogens is 2. The van der Waals surface area contributed by atoms with Crippen LogP contribution in [0.2, 0.25) is 0 Å². The van der Waals surface area contributed by atoms with Gasteiger partial charge in [0.05, 0.1) is 22.6 Å². The SMILES string of the molecule is NNc1cnc(COc2ccc(F)cc2Br)cn1. The van der Waals surface area contributed by atoms with Crippen molar-refractivity contribution >= 4 is 21.7 Å². The molecule has 0 radical (unpaired) electrons. The molecule has 2 aromatic rings. The van der Waals surface area contributed by atoms with E-state index in [2.05, 4.69) is 31.3 Å². The first-order valence-electron chi connectivity index (χ1n) is 5.04. The molecule has 1 aromatic heterocycles. The minimum Gasteiger partial charge on any atom is -0.486 e. The summed E-state index contributed by atoms with van der Waals surface area (Å²) in [6.07, 6.45) is 3.05. The van der Waals surface area contributed by atoms with Gasteiger partial charge < -0.3 is 10.2 Å². The molecular weight excluding hydrogens is 303 g/mol. The number of benzene rings is 1. The van der Waals surface area contributed by atoms with Crippen molar-refractivity contribution in [3.63, 3.8) is 0 Å². The Morgan fingerprint density at radius 3 is 2.78 bits per heavy atom.